The number of urea groups is 1. The summed E-state index contributed by atoms with van der Waals surface area (Å²) in [6.07, 6.45) is 0.0551. The van der Waals surface area contributed by atoms with Crippen molar-refractivity contribution in [2.45, 2.75) is 6.54 Å². The SMILES string of the molecule is COc1ccc(N2Cc3cnc(N(C([O])=O)c4ccccc4)nc3N(c3ccccc3)C2=O)cc1. The Labute approximate surface area is 201 Å². The molecular weight excluding hydrogens is 446 g/mol. The topological polar surface area (TPSA) is 98.8 Å². The number of nitrogens with zero attached hydrogens (tertiary/aromatic N) is 5. The molecule has 0 saturated heterocycles. The van der Waals surface area contributed by atoms with Gasteiger partial charge in [-0.1, -0.05) is 36.4 Å². The van der Waals surface area contributed by atoms with Crippen LogP contribution in [-0.4, -0.2) is 29.2 Å². The highest BCUT2D eigenvalue weighted by Gasteiger charge is 2.35. The van der Waals surface area contributed by atoms with E-state index in [1.165, 1.54) is 11.1 Å². The first-order valence-corrected chi connectivity index (χ1v) is 10.8. The van der Waals surface area contributed by atoms with Crippen molar-refractivity contribution >= 4 is 41.0 Å². The first-order chi connectivity index (χ1) is 17.1. The number of carbonyl (C=O) groups is 2. The Morgan fingerprint density at radius 1 is 0.914 bits per heavy atom. The van der Waals surface area contributed by atoms with Crippen LogP contribution in [0.3, 0.4) is 0 Å². The van der Waals surface area contributed by atoms with Gasteiger partial charge < -0.3 is 4.74 Å². The summed E-state index contributed by atoms with van der Waals surface area (Å²) >= 11 is 0. The van der Waals surface area contributed by atoms with E-state index in [1.807, 2.05) is 18.2 Å². The fourth-order valence-electron chi connectivity index (χ4n) is 3.90. The van der Waals surface area contributed by atoms with Crippen LogP contribution >= 0.6 is 0 Å². The van der Waals surface area contributed by atoms with Gasteiger partial charge in [0.2, 0.25) is 5.95 Å². The normalized spacial score (nSPS) is 12.8. The van der Waals surface area contributed by atoms with Gasteiger partial charge in [0.05, 0.1) is 25.0 Å². The van der Waals surface area contributed by atoms with Gasteiger partial charge in [-0.05, 0) is 48.5 Å². The molecule has 1 radical (unpaired) electrons. The maximum Gasteiger partial charge on any atom is 0.464 e. The lowest BCUT2D eigenvalue weighted by Gasteiger charge is -2.36. The molecule has 0 unspecified atom stereocenters. The summed E-state index contributed by atoms with van der Waals surface area (Å²) in [7, 11) is 1.58. The molecule has 1 aliphatic heterocycles. The zero-order valence-corrected chi connectivity index (χ0v) is 18.7. The standard InChI is InChI=1S/C26H20N5O4/c1-35-22-14-12-19(13-15-22)29-17-18-16-27-24(31(26(33)34)21-10-6-3-7-11-21)28-23(18)30(25(29)32)20-8-4-2-5-9-20/h2-16H,17H2,1H3. The van der Waals surface area contributed by atoms with Gasteiger partial charge in [0.25, 0.3) is 0 Å². The number of amides is 3. The van der Waals surface area contributed by atoms with Crippen LogP contribution < -0.4 is 19.4 Å². The molecule has 4 aromatic rings. The third-order valence-electron chi connectivity index (χ3n) is 5.59. The Morgan fingerprint density at radius 2 is 1.57 bits per heavy atom. The molecule has 3 aromatic carbocycles. The van der Waals surface area contributed by atoms with E-state index in [1.54, 1.807) is 78.7 Å². The number of fused-ring (bicyclic) bond motifs is 1. The lowest BCUT2D eigenvalue weighted by Crippen LogP contribution is -2.45. The molecule has 0 spiro atoms. The Bertz CT molecular complexity index is 1360. The summed E-state index contributed by atoms with van der Waals surface area (Å²) < 4.78 is 5.23. The van der Waals surface area contributed by atoms with Crippen LogP contribution in [0.25, 0.3) is 0 Å². The quantitative estimate of drug-likeness (QED) is 0.389. The minimum atomic E-state index is -1.48. The second kappa shape index (κ2) is 9.14. The fraction of sp³-hybridized carbons (Fsp3) is 0.0769. The number of carbonyl (C=O) groups excluding carboxylic acids is 2. The first kappa shape index (κ1) is 21.9. The van der Waals surface area contributed by atoms with Crippen LogP contribution in [0.5, 0.6) is 5.75 Å². The molecular formula is C26H20N5O4. The lowest BCUT2D eigenvalue weighted by molar-refractivity contribution is 0.179. The van der Waals surface area contributed by atoms with Crippen molar-refractivity contribution in [3.8, 4) is 5.75 Å². The minimum Gasteiger partial charge on any atom is -0.497 e. The van der Waals surface area contributed by atoms with E-state index >= 15 is 0 Å². The maximum atomic E-state index is 13.7. The average molecular weight is 466 g/mol. The molecule has 0 fully saturated rings. The summed E-state index contributed by atoms with van der Waals surface area (Å²) in [6, 6.07) is 24.3. The molecule has 1 aromatic heterocycles. The molecule has 1 aliphatic rings. The van der Waals surface area contributed by atoms with E-state index in [0.717, 1.165) is 4.90 Å². The van der Waals surface area contributed by atoms with Crippen LogP contribution in [0.1, 0.15) is 5.56 Å². The minimum absolute atomic E-state index is 0.110. The molecule has 0 atom stereocenters. The third kappa shape index (κ3) is 4.10. The fourth-order valence-corrected chi connectivity index (χ4v) is 3.90. The first-order valence-electron chi connectivity index (χ1n) is 10.8. The summed E-state index contributed by atoms with van der Waals surface area (Å²) in [5.41, 5.74) is 2.24. The smallest absolute Gasteiger partial charge is 0.464 e. The molecule has 0 aliphatic carbocycles. The number of para-hydroxylation sites is 2. The van der Waals surface area contributed by atoms with Gasteiger partial charge in [0.15, 0.2) is 5.82 Å². The van der Waals surface area contributed by atoms with Crippen LogP contribution in [0.4, 0.5) is 38.4 Å². The summed E-state index contributed by atoms with van der Waals surface area (Å²) in [5, 5.41) is 12.0. The molecule has 5 rings (SSSR count). The predicted molar refractivity (Wildman–Crippen MR) is 130 cm³/mol. The highest BCUT2D eigenvalue weighted by Crippen LogP contribution is 2.37. The van der Waals surface area contributed by atoms with Gasteiger partial charge in [-0.2, -0.15) is 4.98 Å². The van der Waals surface area contributed by atoms with E-state index in [0.29, 0.717) is 34.2 Å². The second-order valence-electron chi connectivity index (χ2n) is 7.69. The Hall–Kier alpha value is -4.92. The molecule has 0 N–H and O–H groups in total. The lowest BCUT2D eigenvalue weighted by atomic mass is 10.1. The van der Waals surface area contributed by atoms with Gasteiger partial charge in [0, 0.05) is 17.4 Å². The van der Waals surface area contributed by atoms with Crippen molar-refractivity contribution in [1.29, 1.82) is 0 Å². The van der Waals surface area contributed by atoms with E-state index < -0.39 is 6.09 Å². The number of hydrogen-bond donors (Lipinski definition) is 0. The van der Waals surface area contributed by atoms with Crippen LogP contribution in [0, 0.1) is 0 Å². The average Bonchev–Trinajstić information content (AvgIpc) is 2.89. The monoisotopic (exact) mass is 466 g/mol. The number of anilines is 5. The number of methoxy groups -OCH3 is 1. The number of ether oxygens (including phenoxy) is 1. The van der Waals surface area contributed by atoms with Gasteiger partial charge in [0.1, 0.15) is 5.75 Å². The van der Waals surface area contributed by atoms with Crippen LogP contribution in [0.2, 0.25) is 0 Å². The van der Waals surface area contributed by atoms with Crippen LogP contribution in [0.15, 0.2) is 91.1 Å². The summed E-state index contributed by atoms with van der Waals surface area (Å²) in [6.45, 7) is 0.209. The number of benzene rings is 3. The number of rotatable bonds is 5. The van der Waals surface area contributed by atoms with Crippen molar-refractivity contribution in [3.05, 3.63) is 96.7 Å². The van der Waals surface area contributed by atoms with Gasteiger partial charge in [-0.3, -0.25) is 4.90 Å². The summed E-state index contributed by atoms with van der Waals surface area (Å²) in [4.78, 5) is 38.5. The Balaban J connectivity index is 1.62. The molecule has 35 heavy (non-hydrogen) atoms. The number of aromatic nitrogens is 2. The second-order valence-corrected chi connectivity index (χ2v) is 7.69. The molecule has 173 valence electrons. The highest BCUT2D eigenvalue weighted by molar-refractivity contribution is 6.10. The number of hydrogen-bond acceptors (Lipinski definition) is 5. The zero-order valence-electron chi connectivity index (χ0n) is 18.7. The molecule has 0 bridgehead atoms. The van der Waals surface area contributed by atoms with Crippen molar-refractivity contribution in [2.24, 2.45) is 0 Å². The van der Waals surface area contributed by atoms with Crippen molar-refractivity contribution in [2.75, 3.05) is 21.8 Å². The van der Waals surface area contributed by atoms with Gasteiger partial charge >= 0.3 is 12.1 Å². The van der Waals surface area contributed by atoms with Gasteiger partial charge in [-0.25, -0.2) is 29.5 Å². The third-order valence-corrected chi connectivity index (χ3v) is 5.59. The Morgan fingerprint density at radius 3 is 2.20 bits per heavy atom. The summed E-state index contributed by atoms with van der Waals surface area (Å²) in [5.74, 6) is 0.870. The molecule has 2 heterocycles. The van der Waals surface area contributed by atoms with Crippen LogP contribution in [-0.2, 0) is 11.7 Å². The molecule has 3 amide bonds. The Kier molecular flexibility index (Phi) is 5.72. The largest absolute Gasteiger partial charge is 0.497 e. The zero-order chi connectivity index (χ0) is 24.4. The van der Waals surface area contributed by atoms with E-state index in [4.69, 9.17) is 4.74 Å². The van der Waals surface area contributed by atoms with Crippen molar-refractivity contribution in [1.82, 2.24) is 9.97 Å². The van der Waals surface area contributed by atoms with Crippen molar-refractivity contribution in [3.63, 3.8) is 0 Å². The molecule has 0 saturated carbocycles. The molecule has 9 heteroatoms. The van der Waals surface area contributed by atoms with Crippen molar-refractivity contribution < 1.29 is 19.4 Å². The van der Waals surface area contributed by atoms with E-state index in [-0.39, 0.29) is 18.5 Å². The van der Waals surface area contributed by atoms with E-state index in [2.05, 4.69) is 9.97 Å². The maximum absolute atomic E-state index is 13.7. The predicted octanol–water partition coefficient (Wildman–Crippen LogP) is 5.45. The molecule has 9 nitrogen and oxygen atoms in total. The van der Waals surface area contributed by atoms with E-state index in [9.17, 15) is 14.7 Å². The van der Waals surface area contributed by atoms with Gasteiger partial charge in [-0.15, -0.1) is 0 Å². The highest BCUT2D eigenvalue weighted by atomic mass is 16.5.